The van der Waals surface area contributed by atoms with Gasteiger partial charge >= 0.3 is 5.97 Å². The molecular formula is C19H28O4. The van der Waals surface area contributed by atoms with Crippen LogP contribution in [0.3, 0.4) is 0 Å². The van der Waals surface area contributed by atoms with E-state index in [-0.39, 0.29) is 11.9 Å². The molecule has 4 nitrogen and oxygen atoms in total. The van der Waals surface area contributed by atoms with Gasteiger partial charge in [-0.3, -0.25) is 4.79 Å². The molecule has 0 amide bonds. The lowest BCUT2D eigenvalue weighted by Gasteiger charge is -2.29. The highest BCUT2D eigenvalue weighted by Gasteiger charge is 2.25. The lowest BCUT2D eigenvalue weighted by molar-refractivity contribution is -0.145. The first kappa shape index (κ1) is 17.8. The van der Waals surface area contributed by atoms with Crippen molar-refractivity contribution in [3.05, 3.63) is 29.8 Å². The second kappa shape index (κ2) is 8.92. The zero-order valence-electron chi connectivity index (χ0n) is 14.4. The SMILES string of the molecule is COC(=O)[C@@H](C)C[C@H]1CC[C@H](OCc2ccc(OC)cc2)CC1. The topological polar surface area (TPSA) is 44.8 Å². The van der Waals surface area contributed by atoms with Crippen molar-refractivity contribution in [3.8, 4) is 5.75 Å². The fourth-order valence-corrected chi connectivity index (χ4v) is 3.27. The molecule has 1 fully saturated rings. The van der Waals surface area contributed by atoms with Crippen LogP contribution in [0.15, 0.2) is 24.3 Å². The van der Waals surface area contributed by atoms with Crippen LogP contribution >= 0.6 is 0 Å². The molecule has 1 aromatic rings. The second-order valence-corrected chi connectivity index (χ2v) is 6.46. The van der Waals surface area contributed by atoms with Crippen molar-refractivity contribution in [1.29, 1.82) is 0 Å². The third kappa shape index (κ3) is 5.54. The van der Waals surface area contributed by atoms with Crippen LogP contribution in [0, 0.1) is 11.8 Å². The maximum Gasteiger partial charge on any atom is 0.308 e. The van der Waals surface area contributed by atoms with Crippen molar-refractivity contribution in [2.45, 2.75) is 51.7 Å². The summed E-state index contributed by atoms with van der Waals surface area (Å²) in [4.78, 5) is 11.5. The van der Waals surface area contributed by atoms with Crippen LogP contribution in [-0.4, -0.2) is 26.3 Å². The normalized spacial score (nSPS) is 22.4. The molecule has 0 heterocycles. The van der Waals surface area contributed by atoms with Crippen LogP contribution in [0.1, 0.15) is 44.6 Å². The molecule has 0 unspecified atom stereocenters. The Kier molecular flexibility index (Phi) is 6.90. The summed E-state index contributed by atoms with van der Waals surface area (Å²) in [6, 6.07) is 8.01. The molecule has 0 aromatic heterocycles. The molecule has 0 spiro atoms. The minimum absolute atomic E-state index is 0.00164. The number of carbonyl (C=O) groups is 1. The average Bonchev–Trinajstić information content (AvgIpc) is 2.60. The minimum Gasteiger partial charge on any atom is -0.497 e. The van der Waals surface area contributed by atoms with Gasteiger partial charge in [-0.25, -0.2) is 0 Å². The van der Waals surface area contributed by atoms with E-state index in [9.17, 15) is 4.79 Å². The maximum atomic E-state index is 11.5. The van der Waals surface area contributed by atoms with Crippen LogP contribution in [0.25, 0.3) is 0 Å². The molecule has 1 aliphatic carbocycles. The quantitative estimate of drug-likeness (QED) is 0.713. The fourth-order valence-electron chi connectivity index (χ4n) is 3.27. The summed E-state index contributed by atoms with van der Waals surface area (Å²) in [5, 5.41) is 0. The Balaban J connectivity index is 1.69. The first-order chi connectivity index (χ1) is 11.1. The summed E-state index contributed by atoms with van der Waals surface area (Å²) in [5.41, 5.74) is 1.17. The van der Waals surface area contributed by atoms with Crippen LogP contribution in [0.2, 0.25) is 0 Å². The summed E-state index contributed by atoms with van der Waals surface area (Å²) in [5.74, 6) is 1.39. The molecule has 23 heavy (non-hydrogen) atoms. The Labute approximate surface area is 139 Å². The maximum absolute atomic E-state index is 11.5. The number of hydrogen-bond acceptors (Lipinski definition) is 4. The molecule has 1 aliphatic rings. The minimum atomic E-state index is -0.0946. The lowest BCUT2D eigenvalue weighted by Crippen LogP contribution is -2.24. The van der Waals surface area contributed by atoms with Crippen molar-refractivity contribution >= 4 is 5.97 Å². The predicted octanol–water partition coefficient (Wildman–Crippen LogP) is 3.97. The van der Waals surface area contributed by atoms with Gasteiger partial charge in [0, 0.05) is 0 Å². The molecule has 128 valence electrons. The van der Waals surface area contributed by atoms with E-state index in [1.165, 1.54) is 12.7 Å². The molecule has 0 radical (unpaired) electrons. The second-order valence-electron chi connectivity index (χ2n) is 6.46. The number of benzene rings is 1. The van der Waals surface area contributed by atoms with Gasteiger partial charge in [-0.2, -0.15) is 0 Å². The van der Waals surface area contributed by atoms with E-state index in [4.69, 9.17) is 14.2 Å². The molecule has 0 saturated heterocycles. The van der Waals surface area contributed by atoms with E-state index >= 15 is 0 Å². The van der Waals surface area contributed by atoms with Gasteiger partial charge in [0.15, 0.2) is 0 Å². The van der Waals surface area contributed by atoms with Gasteiger partial charge in [-0.05, 0) is 55.7 Å². The number of rotatable bonds is 7. The molecular weight excluding hydrogens is 292 g/mol. The first-order valence-electron chi connectivity index (χ1n) is 8.44. The van der Waals surface area contributed by atoms with Crippen molar-refractivity contribution in [3.63, 3.8) is 0 Å². The Morgan fingerprint density at radius 3 is 2.35 bits per heavy atom. The molecule has 1 atom stereocenters. The number of ether oxygens (including phenoxy) is 3. The van der Waals surface area contributed by atoms with Crippen LogP contribution < -0.4 is 4.74 Å². The van der Waals surface area contributed by atoms with E-state index in [0.717, 1.165) is 37.9 Å². The number of carbonyl (C=O) groups excluding carboxylic acids is 1. The molecule has 0 N–H and O–H groups in total. The predicted molar refractivity (Wildman–Crippen MR) is 89.3 cm³/mol. The van der Waals surface area contributed by atoms with E-state index in [1.54, 1.807) is 7.11 Å². The summed E-state index contributed by atoms with van der Waals surface area (Å²) in [7, 11) is 3.13. The summed E-state index contributed by atoms with van der Waals surface area (Å²) >= 11 is 0. The van der Waals surface area contributed by atoms with Crippen molar-refractivity contribution in [1.82, 2.24) is 0 Å². The van der Waals surface area contributed by atoms with Gasteiger partial charge < -0.3 is 14.2 Å². The zero-order valence-corrected chi connectivity index (χ0v) is 14.4. The van der Waals surface area contributed by atoms with E-state index in [1.807, 2.05) is 31.2 Å². The fraction of sp³-hybridized carbons (Fsp3) is 0.632. The molecule has 0 bridgehead atoms. The average molecular weight is 320 g/mol. The summed E-state index contributed by atoms with van der Waals surface area (Å²) in [6.45, 7) is 2.61. The molecule has 1 saturated carbocycles. The van der Waals surface area contributed by atoms with Gasteiger partial charge in [0.1, 0.15) is 5.75 Å². The Morgan fingerprint density at radius 1 is 1.13 bits per heavy atom. The third-order valence-corrected chi connectivity index (χ3v) is 4.73. The van der Waals surface area contributed by atoms with Crippen molar-refractivity contribution in [2.75, 3.05) is 14.2 Å². The molecule has 0 aliphatic heterocycles. The van der Waals surface area contributed by atoms with Crippen molar-refractivity contribution < 1.29 is 19.0 Å². The molecule has 1 aromatic carbocycles. The van der Waals surface area contributed by atoms with Crippen LogP contribution in [0.5, 0.6) is 5.75 Å². The number of esters is 1. The molecule has 4 heteroatoms. The monoisotopic (exact) mass is 320 g/mol. The number of methoxy groups -OCH3 is 2. The largest absolute Gasteiger partial charge is 0.497 e. The standard InChI is InChI=1S/C19H28O4/c1-14(19(20)22-3)12-15-4-10-18(11-5-15)23-13-16-6-8-17(21-2)9-7-16/h6-9,14-15,18H,4-5,10-13H2,1-3H3/t14-,15-,18-/m0/s1. The Morgan fingerprint density at radius 2 is 1.78 bits per heavy atom. The van der Waals surface area contributed by atoms with Crippen LogP contribution in [-0.2, 0) is 20.9 Å². The van der Waals surface area contributed by atoms with Crippen molar-refractivity contribution in [2.24, 2.45) is 11.8 Å². The summed E-state index contributed by atoms with van der Waals surface area (Å²) in [6.07, 6.45) is 5.69. The highest BCUT2D eigenvalue weighted by atomic mass is 16.5. The number of hydrogen-bond donors (Lipinski definition) is 0. The van der Waals surface area contributed by atoms with E-state index in [2.05, 4.69) is 0 Å². The summed E-state index contributed by atoms with van der Waals surface area (Å²) < 4.78 is 16.0. The van der Waals surface area contributed by atoms with Gasteiger partial charge in [-0.15, -0.1) is 0 Å². The van der Waals surface area contributed by atoms with Gasteiger partial charge in [0.2, 0.25) is 0 Å². The Bertz CT molecular complexity index is 475. The highest BCUT2D eigenvalue weighted by molar-refractivity contribution is 5.71. The van der Waals surface area contributed by atoms with E-state index < -0.39 is 0 Å². The third-order valence-electron chi connectivity index (χ3n) is 4.73. The van der Waals surface area contributed by atoms with Crippen LogP contribution in [0.4, 0.5) is 0 Å². The van der Waals surface area contributed by atoms with E-state index in [0.29, 0.717) is 18.6 Å². The Hall–Kier alpha value is -1.55. The zero-order chi connectivity index (χ0) is 16.7. The van der Waals surface area contributed by atoms with Gasteiger partial charge in [0.05, 0.1) is 32.8 Å². The first-order valence-corrected chi connectivity index (χ1v) is 8.44. The highest BCUT2D eigenvalue weighted by Crippen LogP contribution is 2.31. The lowest BCUT2D eigenvalue weighted by atomic mass is 9.82. The van der Waals surface area contributed by atoms with Gasteiger partial charge in [0.25, 0.3) is 0 Å². The van der Waals surface area contributed by atoms with Gasteiger partial charge in [-0.1, -0.05) is 19.1 Å². The smallest absolute Gasteiger partial charge is 0.308 e. The molecule has 2 rings (SSSR count).